The largest absolute Gasteiger partial charge is 0.461 e. The van der Waals surface area contributed by atoms with Crippen LogP contribution in [0.3, 0.4) is 0 Å². The number of carbonyl (C=O) groups is 2. The first-order valence-electron chi connectivity index (χ1n) is 13.1. The quantitative estimate of drug-likeness (QED) is 0.274. The fourth-order valence-electron chi connectivity index (χ4n) is 5.64. The molecular formula is C31H34N2O5. The number of rotatable bonds is 8. The highest BCUT2D eigenvalue weighted by Crippen LogP contribution is 2.45. The summed E-state index contributed by atoms with van der Waals surface area (Å²) in [5, 5.41) is 12.7. The maximum Gasteiger partial charge on any atom is 0.330 e. The van der Waals surface area contributed by atoms with Crippen LogP contribution in [0, 0.1) is 5.92 Å². The Bertz CT molecular complexity index is 1360. The van der Waals surface area contributed by atoms with Crippen LogP contribution >= 0.6 is 0 Å². The lowest BCUT2D eigenvalue weighted by Gasteiger charge is -2.48. The second kappa shape index (κ2) is 11.0. The average molecular weight is 515 g/mol. The number of ether oxygens (including phenoxy) is 2. The lowest BCUT2D eigenvalue weighted by Crippen LogP contribution is -2.56. The van der Waals surface area contributed by atoms with E-state index < -0.39 is 24.2 Å². The average Bonchev–Trinajstić information content (AvgIpc) is 3.23. The van der Waals surface area contributed by atoms with Crippen LogP contribution in [0.25, 0.3) is 17.0 Å². The van der Waals surface area contributed by atoms with E-state index in [0.717, 1.165) is 27.7 Å². The first-order valence-corrected chi connectivity index (χ1v) is 13.1. The molecule has 4 atom stereocenters. The van der Waals surface area contributed by atoms with Crippen LogP contribution in [0.4, 0.5) is 0 Å². The zero-order valence-electron chi connectivity index (χ0n) is 21.8. The van der Waals surface area contributed by atoms with E-state index in [1.807, 2.05) is 42.5 Å². The predicted octanol–water partition coefficient (Wildman–Crippen LogP) is 4.29. The molecule has 38 heavy (non-hydrogen) atoms. The van der Waals surface area contributed by atoms with E-state index in [0.29, 0.717) is 19.5 Å². The van der Waals surface area contributed by atoms with Crippen LogP contribution < -0.4 is 0 Å². The molecule has 0 fully saturated rings. The Balaban J connectivity index is 1.46. The molecule has 2 aliphatic rings. The van der Waals surface area contributed by atoms with Crippen molar-refractivity contribution in [3.05, 3.63) is 90.1 Å². The van der Waals surface area contributed by atoms with Gasteiger partial charge in [-0.25, -0.2) is 4.79 Å². The topological polar surface area (TPSA) is 81.0 Å². The smallest absolute Gasteiger partial charge is 0.330 e. The van der Waals surface area contributed by atoms with Gasteiger partial charge >= 0.3 is 11.9 Å². The number of aliphatic hydroxyl groups excluding tert-OH is 1. The number of benzene rings is 2. The number of nitrogens with zero attached hydrogens (tertiary/aromatic N) is 2. The van der Waals surface area contributed by atoms with Crippen molar-refractivity contribution in [2.75, 3.05) is 13.2 Å². The van der Waals surface area contributed by atoms with E-state index in [1.165, 1.54) is 6.08 Å². The SMILES string of the molecule is C=CCN1C(COC(=O)C=Cc2ccccc2)Cc2c3n(c4ccccc24)CC(OC(=O)C(C)C)C(O)C31. The van der Waals surface area contributed by atoms with Gasteiger partial charge < -0.3 is 19.1 Å². The third-order valence-corrected chi connectivity index (χ3v) is 7.44. The third kappa shape index (κ3) is 4.91. The molecule has 0 aliphatic carbocycles. The summed E-state index contributed by atoms with van der Waals surface area (Å²) in [5.41, 5.74) is 4.13. The summed E-state index contributed by atoms with van der Waals surface area (Å²) >= 11 is 0. The Hall–Kier alpha value is -3.68. The predicted molar refractivity (Wildman–Crippen MR) is 146 cm³/mol. The molecule has 0 saturated heterocycles. The second-order valence-corrected chi connectivity index (χ2v) is 10.3. The summed E-state index contributed by atoms with van der Waals surface area (Å²) < 4.78 is 13.7. The number of fused-ring (bicyclic) bond motifs is 3. The maximum absolute atomic E-state index is 12.6. The fraction of sp³-hybridized carbons (Fsp3) is 0.355. The lowest BCUT2D eigenvalue weighted by atomic mass is 9.85. The molecule has 7 heteroatoms. The summed E-state index contributed by atoms with van der Waals surface area (Å²) in [5.74, 6) is -1.06. The number of aliphatic hydroxyl groups is 1. The van der Waals surface area contributed by atoms with Gasteiger partial charge in [-0.2, -0.15) is 0 Å². The summed E-state index contributed by atoms with van der Waals surface area (Å²) in [7, 11) is 0. The van der Waals surface area contributed by atoms with Gasteiger partial charge in [0.05, 0.1) is 18.5 Å². The van der Waals surface area contributed by atoms with Crippen molar-refractivity contribution >= 4 is 28.9 Å². The van der Waals surface area contributed by atoms with Crippen LogP contribution in [0.2, 0.25) is 0 Å². The van der Waals surface area contributed by atoms with E-state index in [9.17, 15) is 14.7 Å². The van der Waals surface area contributed by atoms with Crippen LogP contribution in [-0.4, -0.2) is 57.9 Å². The Morgan fingerprint density at radius 3 is 2.61 bits per heavy atom. The molecule has 0 spiro atoms. The molecule has 0 radical (unpaired) electrons. The molecule has 5 rings (SSSR count). The fourth-order valence-corrected chi connectivity index (χ4v) is 5.64. The van der Waals surface area contributed by atoms with Gasteiger partial charge in [0.15, 0.2) is 0 Å². The van der Waals surface area contributed by atoms with Gasteiger partial charge in [0, 0.05) is 35.3 Å². The summed E-state index contributed by atoms with van der Waals surface area (Å²) in [6.07, 6.45) is 3.97. The molecule has 2 aliphatic heterocycles. The van der Waals surface area contributed by atoms with Crippen molar-refractivity contribution in [1.29, 1.82) is 0 Å². The van der Waals surface area contributed by atoms with E-state index >= 15 is 0 Å². The highest BCUT2D eigenvalue weighted by atomic mass is 16.6. The minimum Gasteiger partial charge on any atom is -0.461 e. The van der Waals surface area contributed by atoms with Crippen LogP contribution in [-0.2, 0) is 32.0 Å². The summed E-state index contributed by atoms with van der Waals surface area (Å²) in [4.78, 5) is 27.2. The van der Waals surface area contributed by atoms with Gasteiger partial charge in [0.1, 0.15) is 18.8 Å². The Labute approximate surface area is 223 Å². The normalized spacial score (nSPS) is 22.9. The highest BCUT2D eigenvalue weighted by molar-refractivity contribution is 5.87. The molecule has 4 unspecified atom stereocenters. The van der Waals surface area contributed by atoms with Gasteiger partial charge in [-0.15, -0.1) is 6.58 Å². The molecule has 1 aromatic heterocycles. The first-order chi connectivity index (χ1) is 18.4. The molecule has 0 amide bonds. The van der Waals surface area contributed by atoms with Crippen molar-refractivity contribution in [1.82, 2.24) is 9.47 Å². The monoisotopic (exact) mass is 514 g/mol. The van der Waals surface area contributed by atoms with Gasteiger partial charge in [-0.1, -0.05) is 68.5 Å². The van der Waals surface area contributed by atoms with E-state index in [-0.39, 0.29) is 24.5 Å². The zero-order valence-corrected chi connectivity index (χ0v) is 21.8. The molecule has 198 valence electrons. The standard InChI is InChI=1S/C31H34N2O5/c1-4-16-32-22(19-37-27(34)15-14-21-10-6-5-7-11-21)17-24-23-12-8-9-13-25(23)33-18-26(38-31(36)20(2)3)30(35)29(32)28(24)33/h4-15,20,22,26,29-30,35H,1,16-19H2,2-3H3. The number of esters is 2. The zero-order chi connectivity index (χ0) is 26.8. The lowest BCUT2D eigenvalue weighted by molar-refractivity contribution is -0.167. The second-order valence-electron chi connectivity index (χ2n) is 10.3. The number of hydrogen-bond acceptors (Lipinski definition) is 6. The van der Waals surface area contributed by atoms with E-state index in [1.54, 1.807) is 26.0 Å². The van der Waals surface area contributed by atoms with E-state index in [2.05, 4.69) is 28.2 Å². The molecule has 3 aromatic rings. The number of aromatic nitrogens is 1. The van der Waals surface area contributed by atoms with Crippen LogP contribution in [0.1, 0.15) is 36.7 Å². The molecular weight excluding hydrogens is 480 g/mol. The molecule has 1 N–H and O–H groups in total. The van der Waals surface area contributed by atoms with Gasteiger partial charge in [0.2, 0.25) is 0 Å². The van der Waals surface area contributed by atoms with Crippen LogP contribution in [0.15, 0.2) is 73.3 Å². The minimum atomic E-state index is -0.940. The molecule has 3 heterocycles. The molecule has 2 aromatic carbocycles. The number of para-hydroxylation sites is 1. The third-order valence-electron chi connectivity index (χ3n) is 7.44. The maximum atomic E-state index is 12.6. The van der Waals surface area contributed by atoms with Crippen molar-refractivity contribution in [3.8, 4) is 0 Å². The van der Waals surface area contributed by atoms with Gasteiger partial charge in [0.25, 0.3) is 0 Å². The summed E-state index contributed by atoms with van der Waals surface area (Å²) in [6.45, 7) is 8.53. The van der Waals surface area contributed by atoms with Gasteiger partial charge in [-0.3, -0.25) is 9.69 Å². The Kier molecular flexibility index (Phi) is 7.49. The number of carbonyl (C=O) groups excluding carboxylic acids is 2. The summed E-state index contributed by atoms with van der Waals surface area (Å²) in [6, 6.07) is 17.1. The first kappa shape index (κ1) is 25.9. The highest BCUT2D eigenvalue weighted by Gasteiger charge is 2.48. The Morgan fingerprint density at radius 2 is 1.87 bits per heavy atom. The molecule has 7 nitrogen and oxygen atoms in total. The van der Waals surface area contributed by atoms with Crippen molar-refractivity contribution in [2.45, 2.75) is 51.1 Å². The van der Waals surface area contributed by atoms with Crippen molar-refractivity contribution < 1.29 is 24.2 Å². The van der Waals surface area contributed by atoms with Gasteiger partial charge in [-0.05, 0) is 29.7 Å². The Morgan fingerprint density at radius 1 is 1.13 bits per heavy atom. The van der Waals surface area contributed by atoms with Crippen molar-refractivity contribution in [3.63, 3.8) is 0 Å². The number of hydrogen-bond donors (Lipinski definition) is 1. The van der Waals surface area contributed by atoms with E-state index in [4.69, 9.17) is 9.47 Å². The van der Waals surface area contributed by atoms with Crippen molar-refractivity contribution in [2.24, 2.45) is 5.92 Å². The molecule has 0 saturated carbocycles. The van der Waals surface area contributed by atoms with Crippen LogP contribution in [0.5, 0.6) is 0 Å². The minimum absolute atomic E-state index is 0.157. The molecule has 0 bridgehead atoms.